The highest BCUT2D eigenvalue weighted by atomic mass is 16.2. The van der Waals surface area contributed by atoms with Gasteiger partial charge >= 0.3 is 0 Å². The quantitative estimate of drug-likeness (QED) is 0.591. The van der Waals surface area contributed by atoms with Gasteiger partial charge < -0.3 is 16.0 Å². The van der Waals surface area contributed by atoms with Crippen LogP contribution in [0.5, 0.6) is 0 Å². The summed E-state index contributed by atoms with van der Waals surface area (Å²) in [6.07, 6.45) is 4.37. The van der Waals surface area contributed by atoms with Crippen molar-refractivity contribution in [2.24, 2.45) is 5.92 Å². The van der Waals surface area contributed by atoms with Crippen LogP contribution >= 0.6 is 0 Å². The molecule has 2 aromatic heterocycles. The molecule has 34 heavy (non-hydrogen) atoms. The molecular formula is C26H30N6O2. The van der Waals surface area contributed by atoms with E-state index in [1.165, 1.54) is 0 Å². The molecular weight excluding hydrogens is 428 g/mol. The number of anilines is 1. The second-order valence-corrected chi connectivity index (χ2v) is 9.43. The number of aromatic nitrogens is 3. The van der Waals surface area contributed by atoms with Gasteiger partial charge in [0.2, 0.25) is 5.91 Å². The normalized spacial score (nSPS) is 19.5. The molecule has 3 heterocycles. The van der Waals surface area contributed by atoms with Crippen molar-refractivity contribution in [3.8, 4) is 0 Å². The maximum absolute atomic E-state index is 13.0. The number of fused-ring (bicyclic) bond motifs is 1. The zero-order valence-corrected chi connectivity index (χ0v) is 19.6. The largest absolute Gasteiger partial charge is 0.384 e. The van der Waals surface area contributed by atoms with Crippen LogP contribution in [0.2, 0.25) is 0 Å². The molecule has 0 spiro atoms. The highest BCUT2D eigenvalue weighted by Crippen LogP contribution is 2.30. The van der Waals surface area contributed by atoms with Crippen LogP contribution in [0.25, 0.3) is 0 Å². The van der Waals surface area contributed by atoms with Crippen molar-refractivity contribution in [2.45, 2.75) is 52.2 Å². The van der Waals surface area contributed by atoms with Crippen molar-refractivity contribution < 1.29 is 9.59 Å². The Morgan fingerprint density at radius 3 is 2.56 bits per heavy atom. The number of hydrogen-bond acceptors (Lipinski definition) is 5. The standard InChI is InChI=1S/C26H30N6O2/c1-16-11-12-31(26(16)34)13-18-3-5-19(6-4-18)14-32-15-21(17(2)30-32)25(33)29-23-9-8-22-20(23)7-10-24(27)28-22/h3-7,10,15-16,23H,8-9,11-14H2,1-2H3,(H2,27,28)(H,29,33). The Labute approximate surface area is 199 Å². The van der Waals surface area contributed by atoms with E-state index >= 15 is 0 Å². The van der Waals surface area contributed by atoms with Gasteiger partial charge in [0.05, 0.1) is 23.8 Å². The Bertz CT molecular complexity index is 1230. The molecule has 5 rings (SSSR count). The highest BCUT2D eigenvalue weighted by molar-refractivity contribution is 5.95. The number of likely N-dealkylation sites (tertiary alicyclic amines) is 1. The summed E-state index contributed by atoms with van der Waals surface area (Å²) in [7, 11) is 0. The SMILES string of the molecule is Cc1nn(Cc2ccc(CN3CCC(C)C3=O)cc2)cc1C(=O)NC1CCc2nc(N)ccc21. The number of pyridine rings is 1. The molecule has 8 nitrogen and oxygen atoms in total. The summed E-state index contributed by atoms with van der Waals surface area (Å²) in [6.45, 7) is 5.90. The molecule has 8 heteroatoms. The lowest BCUT2D eigenvalue weighted by atomic mass is 10.1. The molecule has 1 fully saturated rings. The topological polar surface area (TPSA) is 106 Å². The van der Waals surface area contributed by atoms with E-state index in [2.05, 4.69) is 39.7 Å². The van der Waals surface area contributed by atoms with Gasteiger partial charge in [-0.1, -0.05) is 37.3 Å². The Hall–Kier alpha value is -3.68. The first-order valence-corrected chi connectivity index (χ1v) is 11.8. The number of amides is 2. The number of nitrogens with one attached hydrogen (secondary N) is 1. The number of carbonyl (C=O) groups excluding carboxylic acids is 2. The fourth-order valence-corrected chi connectivity index (χ4v) is 4.90. The van der Waals surface area contributed by atoms with Gasteiger partial charge in [-0.15, -0.1) is 0 Å². The predicted molar refractivity (Wildman–Crippen MR) is 129 cm³/mol. The molecule has 3 N–H and O–H groups in total. The smallest absolute Gasteiger partial charge is 0.255 e. The Kier molecular flexibility index (Phi) is 5.81. The summed E-state index contributed by atoms with van der Waals surface area (Å²) in [5.74, 6) is 0.754. The van der Waals surface area contributed by atoms with Gasteiger partial charge in [0.1, 0.15) is 5.82 Å². The van der Waals surface area contributed by atoms with E-state index < -0.39 is 0 Å². The number of nitrogen functional groups attached to an aromatic ring is 1. The molecule has 0 radical (unpaired) electrons. The fraction of sp³-hybridized carbons (Fsp3) is 0.385. The van der Waals surface area contributed by atoms with Gasteiger partial charge in [0.15, 0.2) is 0 Å². The molecule has 1 aromatic carbocycles. The third-order valence-corrected chi connectivity index (χ3v) is 6.88. The summed E-state index contributed by atoms with van der Waals surface area (Å²) in [4.78, 5) is 31.5. The lowest BCUT2D eigenvalue weighted by Crippen LogP contribution is -2.27. The molecule has 2 amide bonds. The van der Waals surface area contributed by atoms with E-state index in [-0.39, 0.29) is 23.8 Å². The number of nitrogens with two attached hydrogens (primary N) is 1. The van der Waals surface area contributed by atoms with Crippen LogP contribution in [0.15, 0.2) is 42.6 Å². The van der Waals surface area contributed by atoms with E-state index in [9.17, 15) is 9.59 Å². The molecule has 2 aliphatic rings. The molecule has 3 aromatic rings. The molecule has 2 atom stereocenters. The maximum Gasteiger partial charge on any atom is 0.255 e. The van der Waals surface area contributed by atoms with Gasteiger partial charge in [-0.05, 0) is 48.9 Å². The minimum atomic E-state index is -0.127. The lowest BCUT2D eigenvalue weighted by Gasteiger charge is -2.16. The molecule has 176 valence electrons. The number of benzene rings is 1. The minimum Gasteiger partial charge on any atom is -0.384 e. The lowest BCUT2D eigenvalue weighted by molar-refractivity contribution is -0.131. The average molecular weight is 459 g/mol. The van der Waals surface area contributed by atoms with Crippen LogP contribution in [0.1, 0.15) is 64.2 Å². The number of hydrogen-bond donors (Lipinski definition) is 2. The van der Waals surface area contributed by atoms with Crippen molar-refractivity contribution in [1.82, 2.24) is 25.0 Å². The maximum atomic E-state index is 13.0. The minimum absolute atomic E-state index is 0.0589. The Balaban J connectivity index is 1.22. The van der Waals surface area contributed by atoms with Gasteiger partial charge in [-0.2, -0.15) is 5.10 Å². The van der Waals surface area contributed by atoms with Crippen LogP contribution in [0, 0.1) is 12.8 Å². The molecule has 2 unspecified atom stereocenters. The number of rotatable bonds is 6. The fourth-order valence-electron chi connectivity index (χ4n) is 4.90. The van der Waals surface area contributed by atoms with E-state index in [1.54, 1.807) is 16.9 Å². The molecule has 0 bridgehead atoms. The van der Waals surface area contributed by atoms with Crippen molar-refractivity contribution in [1.29, 1.82) is 0 Å². The summed E-state index contributed by atoms with van der Waals surface area (Å²) in [5.41, 5.74) is 11.3. The summed E-state index contributed by atoms with van der Waals surface area (Å²) in [5, 5.41) is 7.69. The van der Waals surface area contributed by atoms with Crippen LogP contribution < -0.4 is 11.1 Å². The molecule has 0 saturated carbocycles. The second kappa shape index (κ2) is 8.93. The zero-order chi connectivity index (χ0) is 23.8. The van der Waals surface area contributed by atoms with Gasteiger partial charge in [0, 0.05) is 30.9 Å². The third-order valence-electron chi connectivity index (χ3n) is 6.88. The summed E-state index contributed by atoms with van der Waals surface area (Å²) in [6, 6.07) is 11.9. The van der Waals surface area contributed by atoms with E-state index in [4.69, 9.17) is 5.73 Å². The third kappa shape index (κ3) is 4.40. The molecule has 1 aliphatic heterocycles. The zero-order valence-electron chi connectivity index (χ0n) is 19.6. The Morgan fingerprint density at radius 1 is 1.12 bits per heavy atom. The van der Waals surface area contributed by atoms with E-state index in [0.717, 1.165) is 48.2 Å². The first kappa shape index (κ1) is 22.1. The molecule has 1 aliphatic carbocycles. The van der Waals surface area contributed by atoms with Gasteiger partial charge in [-0.25, -0.2) is 4.98 Å². The summed E-state index contributed by atoms with van der Waals surface area (Å²) < 4.78 is 1.80. The van der Waals surface area contributed by atoms with Gasteiger partial charge in [-0.3, -0.25) is 14.3 Å². The van der Waals surface area contributed by atoms with E-state index in [1.807, 2.05) is 24.8 Å². The van der Waals surface area contributed by atoms with Crippen molar-refractivity contribution >= 4 is 17.6 Å². The predicted octanol–water partition coefficient (Wildman–Crippen LogP) is 3.00. The monoisotopic (exact) mass is 458 g/mol. The summed E-state index contributed by atoms with van der Waals surface area (Å²) >= 11 is 0. The molecule has 1 saturated heterocycles. The average Bonchev–Trinajstić information content (AvgIpc) is 3.48. The number of nitrogens with zero attached hydrogens (tertiary/aromatic N) is 4. The van der Waals surface area contributed by atoms with Crippen molar-refractivity contribution in [3.05, 3.63) is 76.2 Å². The number of carbonyl (C=O) groups is 2. The number of aryl methyl sites for hydroxylation is 2. The Morgan fingerprint density at radius 2 is 1.85 bits per heavy atom. The van der Waals surface area contributed by atoms with Gasteiger partial charge in [0.25, 0.3) is 5.91 Å². The van der Waals surface area contributed by atoms with E-state index in [0.29, 0.717) is 30.2 Å². The van der Waals surface area contributed by atoms with Crippen molar-refractivity contribution in [3.63, 3.8) is 0 Å². The van der Waals surface area contributed by atoms with Crippen LogP contribution in [-0.4, -0.2) is 38.0 Å². The second-order valence-electron chi connectivity index (χ2n) is 9.43. The first-order valence-electron chi connectivity index (χ1n) is 11.8. The highest BCUT2D eigenvalue weighted by Gasteiger charge is 2.28. The van der Waals surface area contributed by atoms with Crippen molar-refractivity contribution in [2.75, 3.05) is 12.3 Å². The van der Waals surface area contributed by atoms with Crippen LogP contribution in [-0.2, 0) is 24.3 Å². The van der Waals surface area contributed by atoms with Crippen LogP contribution in [0.3, 0.4) is 0 Å². The first-order chi connectivity index (χ1) is 16.4. The van der Waals surface area contributed by atoms with Crippen LogP contribution in [0.4, 0.5) is 5.82 Å².